The number of rotatable bonds is 7. The van der Waals surface area contributed by atoms with Crippen LogP contribution in [0.1, 0.15) is 45.4 Å². The smallest absolute Gasteiger partial charge is 0.323 e. The molecule has 2 N–H and O–H groups in total. The minimum absolute atomic E-state index is 0.313. The highest BCUT2D eigenvalue weighted by atomic mass is 32.2. The van der Waals surface area contributed by atoms with E-state index in [9.17, 15) is 9.90 Å². The Morgan fingerprint density at radius 2 is 2.40 bits per heavy atom. The van der Waals surface area contributed by atoms with Gasteiger partial charge in [0.25, 0.3) is 0 Å². The Morgan fingerprint density at radius 3 is 3.00 bits per heavy atom. The number of aliphatic carboxylic acids is 1. The van der Waals surface area contributed by atoms with E-state index < -0.39 is 11.5 Å². The van der Waals surface area contributed by atoms with E-state index in [0.717, 1.165) is 36.0 Å². The number of carboxylic acids is 1. The third kappa shape index (κ3) is 3.51. The quantitative estimate of drug-likeness (QED) is 0.805. The maximum absolute atomic E-state index is 11.6. The third-order valence-electron chi connectivity index (χ3n) is 3.63. The van der Waals surface area contributed by atoms with E-state index in [1.54, 1.807) is 11.8 Å². The zero-order valence-corrected chi connectivity index (χ0v) is 13.5. The second kappa shape index (κ2) is 6.87. The van der Waals surface area contributed by atoms with Crippen molar-refractivity contribution in [1.82, 2.24) is 14.7 Å². The highest BCUT2D eigenvalue weighted by Crippen LogP contribution is 2.40. The summed E-state index contributed by atoms with van der Waals surface area (Å²) in [6, 6.07) is 0. The molecule has 0 saturated heterocycles. The number of hydrogen-bond donors (Lipinski definition) is 2. The zero-order chi connectivity index (χ0) is 14.6. The van der Waals surface area contributed by atoms with Gasteiger partial charge in [0.1, 0.15) is 11.4 Å². The molecule has 112 valence electrons. The number of aromatic nitrogens is 2. The first-order valence-corrected chi connectivity index (χ1v) is 8.72. The van der Waals surface area contributed by atoms with Gasteiger partial charge in [-0.15, -0.1) is 0 Å². The van der Waals surface area contributed by atoms with Crippen LogP contribution in [0.15, 0.2) is 4.34 Å². The minimum Gasteiger partial charge on any atom is -0.480 e. The van der Waals surface area contributed by atoms with Gasteiger partial charge in [-0.2, -0.15) is 4.37 Å². The molecule has 1 aliphatic rings. The van der Waals surface area contributed by atoms with E-state index in [-0.39, 0.29) is 0 Å². The van der Waals surface area contributed by atoms with Crippen LogP contribution >= 0.6 is 23.3 Å². The monoisotopic (exact) mass is 315 g/mol. The molecule has 7 heteroatoms. The maximum atomic E-state index is 11.6. The second-order valence-corrected chi connectivity index (χ2v) is 7.43. The lowest BCUT2D eigenvalue weighted by molar-refractivity contribution is -0.144. The van der Waals surface area contributed by atoms with Crippen LogP contribution in [0, 0.1) is 0 Å². The first-order valence-electron chi connectivity index (χ1n) is 7.07. The molecular weight excluding hydrogens is 294 g/mol. The predicted molar refractivity (Wildman–Crippen MR) is 81.4 cm³/mol. The molecule has 1 saturated carbocycles. The van der Waals surface area contributed by atoms with Crippen molar-refractivity contribution in [2.24, 2.45) is 0 Å². The van der Waals surface area contributed by atoms with E-state index in [0.29, 0.717) is 18.1 Å². The van der Waals surface area contributed by atoms with E-state index in [4.69, 9.17) is 0 Å². The van der Waals surface area contributed by atoms with Crippen molar-refractivity contribution in [2.45, 2.75) is 61.1 Å². The minimum atomic E-state index is -0.744. The summed E-state index contributed by atoms with van der Waals surface area (Å²) in [5.74, 6) is 0.157. The molecule has 1 aliphatic carbocycles. The van der Waals surface area contributed by atoms with Gasteiger partial charge in [-0.25, -0.2) is 4.98 Å². The summed E-state index contributed by atoms with van der Waals surface area (Å²) in [5.41, 5.74) is -0.744. The van der Waals surface area contributed by atoms with Crippen molar-refractivity contribution in [1.29, 1.82) is 0 Å². The van der Waals surface area contributed by atoms with Gasteiger partial charge in [-0.1, -0.05) is 25.6 Å². The third-order valence-corrected chi connectivity index (χ3v) is 5.72. The molecule has 0 radical (unpaired) electrons. The summed E-state index contributed by atoms with van der Waals surface area (Å²) in [6.07, 6.45) is 4.06. The molecule has 0 aromatic carbocycles. The summed E-state index contributed by atoms with van der Waals surface area (Å²) >= 11 is 3.10. The van der Waals surface area contributed by atoms with Crippen molar-refractivity contribution in [3.8, 4) is 0 Å². The SMILES string of the molecule is CCCNC1(C(=O)O)CCC(Sc2nc(CC)ns2)C1. The summed E-state index contributed by atoms with van der Waals surface area (Å²) < 4.78 is 5.24. The first-order chi connectivity index (χ1) is 9.59. The normalized spacial score (nSPS) is 26.0. The molecule has 2 rings (SSSR count). The summed E-state index contributed by atoms with van der Waals surface area (Å²) in [4.78, 5) is 16.0. The van der Waals surface area contributed by atoms with Gasteiger partial charge < -0.3 is 10.4 Å². The molecule has 0 amide bonds. The Balaban J connectivity index is 1.97. The van der Waals surface area contributed by atoms with Crippen molar-refractivity contribution >= 4 is 29.3 Å². The van der Waals surface area contributed by atoms with E-state index in [2.05, 4.69) is 21.6 Å². The molecule has 1 heterocycles. The highest BCUT2D eigenvalue weighted by Gasteiger charge is 2.45. The number of carbonyl (C=O) groups is 1. The van der Waals surface area contributed by atoms with Gasteiger partial charge in [0.2, 0.25) is 0 Å². The van der Waals surface area contributed by atoms with Crippen molar-refractivity contribution in [3.05, 3.63) is 5.82 Å². The van der Waals surface area contributed by atoms with Crippen LogP contribution in [0.2, 0.25) is 0 Å². The van der Waals surface area contributed by atoms with Crippen LogP contribution in [0.25, 0.3) is 0 Å². The lowest BCUT2D eigenvalue weighted by atomic mass is 9.98. The molecule has 1 aromatic rings. The van der Waals surface area contributed by atoms with Crippen LogP contribution < -0.4 is 5.32 Å². The molecule has 2 atom stereocenters. The number of nitrogens with zero attached hydrogens (tertiary/aromatic N) is 2. The molecular formula is C13H21N3O2S2. The average molecular weight is 315 g/mol. The van der Waals surface area contributed by atoms with Crippen LogP contribution in [0.3, 0.4) is 0 Å². The lowest BCUT2D eigenvalue weighted by Gasteiger charge is -2.25. The Labute approximate surface area is 127 Å². The van der Waals surface area contributed by atoms with Gasteiger partial charge in [0.15, 0.2) is 4.34 Å². The van der Waals surface area contributed by atoms with Crippen molar-refractivity contribution < 1.29 is 9.90 Å². The number of thioether (sulfide) groups is 1. The maximum Gasteiger partial charge on any atom is 0.323 e. The van der Waals surface area contributed by atoms with Gasteiger partial charge in [-0.3, -0.25) is 4.79 Å². The standard InChI is InChI=1S/C13H21N3O2S2/c1-3-7-14-13(11(17)18)6-5-9(8-13)19-12-15-10(4-2)16-20-12/h9,14H,3-8H2,1-2H3,(H,17,18). The van der Waals surface area contributed by atoms with Crippen molar-refractivity contribution in [3.63, 3.8) is 0 Å². The fraction of sp³-hybridized carbons (Fsp3) is 0.769. The Bertz CT molecular complexity index is 466. The molecule has 5 nitrogen and oxygen atoms in total. The van der Waals surface area contributed by atoms with Gasteiger partial charge in [0, 0.05) is 11.7 Å². The first kappa shape index (κ1) is 15.7. The van der Waals surface area contributed by atoms with E-state index in [1.165, 1.54) is 11.5 Å². The number of aryl methyl sites for hydroxylation is 1. The number of hydrogen-bond acceptors (Lipinski definition) is 6. The molecule has 0 bridgehead atoms. The van der Waals surface area contributed by atoms with Gasteiger partial charge in [0.05, 0.1) is 0 Å². The molecule has 1 fully saturated rings. The molecule has 1 aromatic heterocycles. The van der Waals surface area contributed by atoms with Crippen LogP contribution in [0.4, 0.5) is 0 Å². The topological polar surface area (TPSA) is 75.1 Å². The Morgan fingerprint density at radius 1 is 1.60 bits per heavy atom. The van der Waals surface area contributed by atoms with E-state index >= 15 is 0 Å². The summed E-state index contributed by atoms with van der Waals surface area (Å²) in [6.45, 7) is 4.84. The second-order valence-electron chi connectivity index (χ2n) is 5.13. The number of carboxylic acid groups (broad SMARTS) is 1. The molecule has 2 unspecified atom stereocenters. The Hall–Kier alpha value is -0.660. The van der Waals surface area contributed by atoms with E-state index in [1.807, 2.05) is 6.92 Å². The summed E-state index contributed by atoms with van der Waals surface area (Å²) in [7, 11) is 0. The fourth-order valence-electron chi connectivity index (χ4n) is 2.47. The van der Waals surface area contributed by atoms with Crippen LogP contribution in [0.5, 0.6) is 0 Å². The molecule has 0 spiro atoms. The largest absolute Gasteiger partial charge is 0.480 e. The lowest BCUT2D eigenvalue weighted by Crippen LogP contribution is -2.50. The fourth-order valence-corrected chi connectivity index (χ4v) is 4.71. The van der Waals surface area contributed by atoms with Crippen LogP contribution in [-0.4, -0.2) is 37.8 Å². The van der Waals surface area contributed by atoms with Crippen molar-refractivity contribution in [2.75, 3.05) is 6.54 Å². The molecule has 0 aliphatic heterocycles. The van der Waals surface area contributed by atoms with Crippen LogP contribution in [-0.2, 0) is 11.2 Å². The highest BCUT2D eigenvalue weighted by molar-refractivity contribution is 8.01. The predicted octanol–water partition coefficient (Wildman–Crippen LogP) is 2.57. The number of nitrogens with one attached hydrogen (secondary N) is 1. The molecule has 20 heavy (non-hydrogen) atoms. The Kier molecular flexibility index (Phi) is 5.40. The van der Waals surface area contributed by atoms with Gasteiger partial charge in [-0.05, 0) is 43.8 Å². The van der Waals surface area contributed by atoms with Gasteiger partial charge >= 0.3 is 5.97 Å². The summed E-state index contributed by atoms with van der Waals surface area (Å²) in [5, 5.41) is 13.1. The zero-order valence-electron chi connectivity index (χ0n) is 11.9. The average Bonchev–Trinajstić information content (AvgIpc) is 3.04.